The van der Waals surface area contributed by atoms with Crippen molar-refractivity contribution < 1.29 is 9.53 Å². The maximum atomic E-state index is 12.3. The first kappa shape index (κ1) is 18.2. The molecule has 0 aliphatic heterocycles. The molecule has 1 fully saturated rings. The first-order valence-corrected chi connectivity index (χ1v) is 8.91. The molecule has 0 saturated heterocycles. The lowest BCUT2D eigenvalue weighted by Gasteiger charge is -2.25. The highest BCUT2D eigenvalue weighted by Gasteiger charge is 2.43. The van der Waals surface area contributed by atoms with Gasteiger partial charge in [-0.1, -0.05) is 18.2 Å². The summed E-state index contributed by atoms with van der Waals surface area (Å²) in [5, 5.41) is 14.5. The van der Waals surface area contributed by atoms with Gasteiger partial charge in [-0.05, 0) is 67.3 Å². The van der Waals surface area contributed by atoms with Crippen molar-refractivity contribution in [1.29, 1.82) is 5.26 Å². The van der Waals surface area contributed by atoms with Gasteiger partial charge in [-0.25, -0.2) is 0 Å². The summed E-state index contributed by atoms with van der Waals surface area (Å²) in [7, 11) is 3.58. The number of methoxy groups -OCH3 is 1. The SMILES string of the molecule is COc1ccc2cc(CN(C)CC(=O)N[C@](C)(C#N)C3CC3)ccc2c1. The number of nitrogens with zero attached hydrogens (tertiary/aromatic N) is 2. The normalized spacial score (nSPS) is 16.1. The molecule has 2 aromatic rings. The van der Waals surface area contributed by atoms with Crippen LogP contribution < -0.4 is 10.1 Å². The van der Waals surface area contributed by atoms with Crippen LogP contribution in [-0.2, 0) is 11.3 Å². The minimum Gasteiger partial charge on any atom is -0.497 e. The zero-order valence-electron chi connectivity index (χ0n) is 15.6. The van der Waals surface area contributed by atoms with Crippen molar-refractivity contribution in [1.82, 2.24) is 10.2 Å². The number of amides is 1. The Kier molecular flexibility index (Phi) is 5.15. The van der Waals surface area contributed by atoms with Crippen LogP contribution in [-0.4, -0.2) is 37.0 Å². The molecule has 136 valence electrons. The van der Waals surface area contributed by atoms with Crippen LogP contribution in [0.15, 0.2) is 36.4 Å². The molecule has 1 amide bonds. The van der Waals surface area contributed by atoms with E-state index in [1.54, 1.807) is 7.11 Å². The minimum absolute atomic E-state index is 0.103. The highest BCUT2D eigenvalue weighted by molar-refractivity contribution is 5.84. The highest BCUT2D eigenvalue weighted by Crippen LogP contribution is 2.39. The summed E-state index contributed by atoms with van der Waals surface area (Å²) in [4.78, 5) is 14.3. The minimum atomic E-state index is -0.736. The van der Waals surface area contributed by atoms with Crippen LogP contribution >= 0.6 is 0 Å². The molecule has 0 unspecified atom stereocenters. The molecular formula is C21H25N3O2. The average molecular weight is 351 g/mol. The third kappa shape index (κ3) is 4.14. The van der Waals surface area contributed by atoms with E-state index >= 15 is 0 Å². The molecule has 2 aromatic carbocycles. The smallest absolute Gasteiger partial charge is 0.235 e. The molecular weight excluding hydrogens is 326 g/mol. The predicted molar refractivity (Wildman–Crippen MR) is 102 cm³/mol. The highest BCUT2D eigenvalue weighted by atomic mass is 16.5. The molecule has 5 nitrogen and oxygen atoms in total. The lowest BCUT2D eigenvalue weighted by Crippen LogP contribution is -2.49. The van der Waals surface area contributed by atoms with Gasteiger partial charge in [0.2, 0.25) is 5.91 Å². The molecule has 1 aliphatic rings. The first-order chi connectivity index (χ1) is 12.4. The van der Waals surface area contributed by atoms with Crippen LogP contribution in [0.4, 0.5) is 0 Å². The lowest BCUT2D eigenvalue weighted by atomic mass is 9.98. The fourth-order valence-corrected chi connectivity index (χ4v) is 3.32. The van der Waals surface area contributed by atoms with Gasteiger partial charge in [-0.15, -0.1) is 0 Å². The number of hydrogen-bond donors (Lipinski definition) is 1. The van der Waals surface area contributed by atoms with E-state index in [1.165, 1.54) is 0 Å². The molecule has 1 aliphatic carbocycles. The monoisotopic (exact) mass is 351 g/mol. The first-order valence-electron chi connectivity index (χ1n) is 8.91. The summed E-state index contributed by atoms with van der Waals surface area (Å²) in [6.45, 7) is 2.76. The maximum Gasteiger partial charge on any atom is 0.235 e. The van der Waals surface area contributed by atoms with Gasteiger partial charge in [0.05, 0.1) is 19.7 Å². The fourth-order valence-electron chi connectivity index (χ4n) is 3.32. The van der Waals surface area contributed by atoms with Crippen molar-refractivity contribution in [2.24, 2.45) is 5.92 Å². The number of hydrogen-bond acceptors (Lipinski definition) is 4. The van der Waals surface area contributed by atoms with Crippen molar-refractivity contribution in [2.45, 2.75) is 31.8 Å². The van der Waals surface area contributed by atoms with Crippen LogP contribution in [0.3, 0.4) is 0 Å². The number of ether oxygens (including phenoxy) is 1. The molecule has 5 heteroatoms. The molecule has 0 spiro atoms. The Morgan fingerprint density at radius 2 is 2.00 bits per heavy atom. The maximum absolute atomic E-state index is 12.3. The Morgan fingerprint density at radius 1 is 1.31 bits per heavy atom. The summed E-state index contributed by atoms with van der Waals surface area (Å²) in [5.74, 6) is 1.03. The summed E-state index contributed by atoms with van der Waals surface area (Å²) < 4.78 is 5.26. The molecule has 1 saturated carbocycles. The summed E-state index contributed by atoms with van der Waals surface area (Å²) in [6, 6.07) is 14.5. The molecule has 1 atom stereocenters. The zero-order chi connectivity index (χ0) is 18.7. The average Bonchev–Trinajstić information content (AvgIpc) is 3.46. The second-order valence-electron chi connectivity index (χ2n) is 7.36. The van der Waals surface area contributed by atoms with Gasteiger partial charge in [0.15, 0.2) is 0 Å². The second kappa shape index (κ2) is 7.35. The molecule has 26 heavy (non-hydrogen) atoms. The predicted octanol–water partition coefficient (Wildman–Crippen LogP) is 3.09. The number of carbonyl (C=O) groups is 1. The Balaban J connectivity index is 1.60. The van der Waals surface area contributed by atoms with E-state index in [2.05, 4.69) is 29.6 Å². The number of fused-ring (bicyclic) bond motifs is 1. The van der Waals surface area contributed by atoms with Crippen molar-refractivity contribution >= 4 is 16.7 Å². The largest absolute Gasteiger partial charge is 0.497 e. The molecule has 0 aromatic heterocycles. The van der Waals surface area contributed by atoms with E-state index in [4.69, 9.17) is 4.74 Å². The van der Waals surface area contributed by atoms with E-state index in [0.29, 0.717) is 12.5 Å². The number of carbonyl (C=O) groups excluding carboxylic acids is 1. The Hall–Kier alpha value is -2.58. The number of rotatable bonds is 7. The molecule has 3 rings (SSSR count). The summed E-state index contributed by atoms with van der Waals surface area (Å²) >= 11 is 0. The van der Waals surface area contributed by atoms with Crippen molar-refractivity contribution in [3.05, 3.63) is 42.0 Å². The van der Waals surface area contributed by atoms with Gasteiger partial charge in [-0.2, -0.15) is 5.26 Å². The third-order valence-electron chi connectivity index (χ3n) is 5.00. The molecule has 0 heterocycles. The fraction of sp³-hybridized carbons (Fsp3) is 0.429. The number of likely N-dealkylation sites (N-methyl/N-ethyl adjacent to an activating group) is 1. The van der Waals surface area contributed by atoms with Crippen LogP contribution in [0.1, 0.15) is 25.3 Å². The molecule has 0 radical (unpaired) electrons. The van der Waals surface area contributed by atoms with Gasteiger partial charge in [-0.3, -0.25) is 9.69 Å². The topological polar surface area (TPSA) is 65.4 Å². The molecule has 0 bridgehead atoms. The van der Waals surface area contributed by atoms with Crippen LogP contribution in [0.2, 0.25) is 0 Å². The van der Waals surface area contributed by atoms with Gasteiger partial charge in [0, 0.05) is 6.54 Å². The van der Waals surface area contributed by atoms with Crippen molar-refractivity contribution in [3.63, 3.8) is 0 Å². The summed E-state index contributed by atoms with van der Waals surface area (Å²) in [6.07, 6.45) is 2.03. The van der Waals surface area contributed by atoms with Gasteiger partial charge >= 0.3 is 0 Å². The van der Waals surface area contributed by atoms with E-state index < -0.39 is 5.54 Å². The Bertz CT molecular complexity index is 854. The van der Waals surface area contributed by atoms with Crippen LogP contribution in [0.25, 0.3) is 10.8 Å². The summed E-state index contributed by atoms with van der Waals surface area (Å²) in [5.41, 5.74) is 0.406. The van der Waals surface area contributed by atoms with Gasteiger partial charge in [0.1, 0.15) is 11.3 Å². The second-order valence-corrected chi connectivity index (χ2v) is 7.36. The third-order valence-corrected chi connectivity index (χ3v) is 5.00. The lowest BCUT2D eigenvalue weighted by molar-refractivity contribution is -0.123. The van der Waals surface area contributed by atoms with E-state index in [9.17, 15) is 10.1 Å². The van der Waals surface area contributed by atoms with Crippen LogP contribution in [0.5, 0.6) is 5.75 Å². The number of benzene rings is 2. The Morgan fingerprint density at radius 3 is 2.65 bits per heavy atom. The van der Waals surface area contributed by atoms with E-state index in [1.807, 2.05) is 37.1 Å². The number of nitrogens with one attached hydrogen (secondary N) is 1. The number of nitriles is 1. The Labute approximate surface area is 154 Å². The standard InChI is InChI=1S/C21H25N3O2/c1-21(14-22,18-7-8-18)23-20(25)13-24(2)12-15-4-5-17-11-19(26-3)9-6-16(17)10-15/h4-6,9-11,18H,7-8,12-13H2,1-3H3,(H,23,25)/t21-/m1/s1. The quantitative estimate of drug-likeness (QED) is 0.832. The van der Waals surface area contributed by atoms with Crippen LogP contribution in [0, 0.1) is 17.2 Å². The van der Waals surface area contributed by atoms with Gasteiger partial charge < -0.3 is 10.1 Å². The zero-order valence-corrected chi connectivity index (χ0v) is 15.6. The van der Waals surface area contributed by atoms with E-state index in [-0.39, 0.29) is 12.5 Å². The van der Waals surface area contributed by atoms with Crippen molar-refractivity contribution in [3.8, 4) is 11.8 Å². The molecule has 1 N–H and O–H groups in total. The van der Waals surface area contributed by atoms with Crippen molar-refractivity contribution in [2.75, 3.05) is 20.7 Å². The van der Waals surface area contributed by atoms with E-state index in [0.717, 1.165) is 34.9 Å². The van der Waals surface area contributed by atoms with Gasteiger partial charge in [0.25, 0.3) is 0 Å².